The van der Waals surface area contributed by atoms with Crippen molar-refractivity contribution in [1.29, 1.82) is 0 Å². The minimum absolute atomic E-state index is 0.00885. The fourth-order valence-corrected chi connectivity index (χ4v) is 5.72. The lowest BCUT2D eigenvalue weighted by Gasteiger charge is -2.29. The van der Waals surface area contributed by atoms with E-state index < -0.39 is 10.0 Å². The number of amides is 2. The highest BCUT2D eigenvalue weighted by molar-refractivity contribution is 7.89. The van der Waals surface area contributed by atoms with Crippen LogP contribution in [-0.2, 0) is 23.0 Å². The second-order valence-corrected chi connectivity index (χ2v) is 10.3. The van der Waals surface area contributed by atoms with Crippen LogP contribution in [0.1, 0.15) is 45.7 Å². The van der Waals surface area contributed by atoms with Gasteiger partial charge >= 0.3 is 0 Å². The highest BCUT2D eigenvalue weighted by atomic mass is 32.2. The van der Waals surface area contributed by atoms with E-state index in [1.165, 1.54) is 28.6 Å². The van der Waals surface area contributed by atoms with E-state index in [0.717, 1.165) is 17.5 Å². The summed E-state index contributed by atoms with van der Waals surface area (Å²) in [5.41, 5.74) is 3.81. The Hall–Kier alpha value is -3.49. The summed E-state index contributed by atoms with van der Waals surface area (Å²) in [6.07, 6.45) is 0.755. The van der Waals surface area contributed by atoms with Crippen molar-refractivity contribution in [2.45, 2.75) is 31.7 Å². The Morgan fingerprint density at radius 3 is 2.23 bits per heavy atom. The van der Waals surface area contributed by atoms with Gasteiger partial charge in [-0.05, 0) is 66.1 Å². The van der Waals surface area contributed by atoms with Gasteiger partial charge in [-0.25, -0.2) is 8.42 Å². The molecule has 4 rings (SSSR count). The molecule has 0 bridgehead atoms. The minimum atomic E-state index is -3.58. The van der Waals surface area contributed by atoms with E-state index in [-0.39, 0.29) is 16.7 Å². The largest absolute Gasteiger partial charge is 0.334 e. The smallest absolute Gasteiger partial charge is 0.255 e. The molecule has 0 radical (unpaired) electrons. The number of nitrogens with one attached hydrogen (secondary N) is 1. The standard InChI is InChI=1S/C27H29N3O4S/c1-3-30(4-2)35(33,34)25-14-11-21(12-15-25)26(31)28-24-13-10-20-16-17-29(19-23(20)18-24)27(32)22-8-6-5-7-9-22/h5-15,18H,3-4,16-17,19H2,1-2H3,(H,28,31). The summed E-state index contributed by atoms with van der Waals surface area (Å²) in [4.78, 5) is 27.6. The number of anilines is 1. The Morgan fingerprint density at radius 1 is 0.886 bits per heavy atom. The second-order valence-electron chi connectivity index (χ2n) is 8.39. The molecule has 0 aliphatic carbocycles. The maximum absolute atomic E-state index is 12.8. The lowest BCUT2D eigenvalue weighted by atomic mass is 9.98. The van der Waals surface area contributed by atoms with Crippen LogP contribution in [0.15, 0.2) is 77.7 Å². The van der Waals surface area contributed by atoms with Crippen molar-refractivity contribution in [2.75, 3.05) is 25.0 Å². The van der Waals surface area contributed by atoms with Crippen LogP contribution in [0.5, 0.6) is 0 Å². The fraction of sp³-hybridized carbons (Fsp3) is 0.259. The number of carbonyl (C=O) groups is 2. The van der Waals surface area contributed by atoms with Gasteiger partial charge in [0.25, 0.3) is 11.8 Å². The first-order chi connectivity index (χ1) is 16.8. The molecule has 0 spiro atoms. The molecule has 7 nitrogen and oxygen atoms in total. The summed E-state index contributed by atoms with van der Waals surface area (Å²) in [5, 5.41) is 2.89. The number of hydrogen-bond acceptors (Lipinski definition) is 4. The summed E-state index contributed by atoms with van der Waals surface area (Å²) in [6, 6.07) is 20.9. The van der Waals surface area contributed by atoms with Gasteiger partial charge < -0.3 is 10.2 Å². The number of nitrogens with zero attached hydrogens (tertiary/aromatic N) is 2. The van der Waals surface area contributed by atoms with Crippen LogP contribution in [0.4, 0.5) is 5.69 Å². The molecule has 0 unspecified atom stereocenters. The maximum atomic E-state index is 12.8. The molecule has 1 aliphatic rings. The fourth-order valence-electron chi connectivity index (χ4n) is 4.27. The predicted molar refractivity (Wildman–Crippen MR) is 136 cm³/mol. The van der Waals surface area contributed by atoms with Crippen molar-refractivity contribution < 1.29 is 18.0 Å². The lowest BCUT2D eigenvalue weighted by Crippen LogP contribution is -2.36. The van der Waals surface area contributed by atoms with Gasteiger partial charge in [-0.15, -0.1) is 0 Å². The first-order valence-electron chi connectivity index (χ1n) is 11.7. The first kappa shape index (κ1) is 24.6. The van der Waals surface area contributed by atoms with E-state index in [1.54, 1.807) is 13.8 Å². The Bertz CT molecular complexity index is 1320. The number of benzene rings is 3. The van der Waals surface area contributed by atoms with E-state index in [4.69, 9.17) is 0 Å². The van der Waals surface area contributed by atoms with Gasteiger partial charge in [-0.3, -0.25) is 9.59 Å². The average Bonchev–Trinajstić information content (AvgIpc) is 2.89. The zero-order valence-electron chi connectivity index (χ0n) is 19.9. The van der Waals surface area contributed by atoms with Crippen LogP contribution >= 0.6 is 0 Å². The second kappa shape index (κ2) is 10.4. The monoisotopic (exact) mass is 491 g/mol. The summed E-state index contributed by atoms with van der Waals surface area (Å²) in [7, 11) is -3.58. The highest BCUT2D eigenvalue weighted by Crippen LogP contribution is 2.24. The van der Waals surface area contributed by atoms with Gasteiger partial charge in [-0.2, -0.15) is 4.31 Å². The molecule has 2 amide bonds. The summed E-state index contributed by atoms with van der Waals surface area (Å²) >= 11 is 0. The molecule has 1 N–H and O–H groups in total. The molecule has 1 heterocycles. The SMILES string of the molecule is CCN(CC)S(=O)(=O)c1ccc(C(=O)Nc2ccc3c(c2)CN(C(=O)c2ccccc2)CC3)cc1. The van der Waals surface area contributed by atoms with Gasteiger partial charge in [0, 0.05) is 43.0 Å². The van der Waals surface area contributed by atoms with Crippen LogP contribution < -0.4 is 5.32 Å². The van der Waals surface area contributed by atoms with Gasteiger partial charge in [0.2, 0.25) is 10.0 Å². The molecule has 35 heavy (non-hydrogen) atoms. The van der Waals surface area contributed by atoms with Gasteiger partial charge in [0.05, 0.1) is 4.90 Å². The normalized spacial score (nSPS) is 13.4. The van der Waals surface area contributed by atoms with Crippen molar-refractivity contribution in [1.82, 2.24) is 9.21 Å². The maximum Gasteiger partial charge on any atom is 0.255 e. The average molecular weight is 492 g/mol. The number of hydrogen-bond donors (Lipinski definition) is 1. The predicted octanol–water partition coefficient (Wildman–Crippen LogP) is 4.17. The van der Waals surface area contributed by atoms with Gasteiger partial charge in [0.1, 0.15) is 0 Å². The number of sulfonamides is 1. The van der Waals surface area contributed by atoms with Crippen LogP contribution in [0.2, 0.25) is 0 Å². The molecule has 182 valence electrons. The molecule has 0 saturated carbocycles. The molecule has 1 aliphatic heterocycles. The van der Waals surface area contributed by atoms with Crippen molar-refractivity contribution in [3.8, 4) is 0 Å². The highest BCUT2D eigenvalue weighted by Gasteiger charge is 2.23. The Morgan fingerprint density at radius 2 is 1.57 bits per heavy atom. The van der Waals surface area contributed by atoms with Crippen molar-refractivity contribution >= 4 is 27.5 Å². The van der Waals surface area contributed by atoms with Crippen molar-refractivity contribution in [3.05, 3.63) is 95.1 Å². The third-order valence-electron chi connectivity index (χ3n) is 6.24. The van der Waals surface area contributed by atoms with Crippen LogP contribution in [-0.4, -0.2) is 49.1 Å². The number of carbonyl (C=O) groups excluding carboxylic acids is 2. The molecule has 0 saturated heterocycles. The molecular formula is C27H29N3O4S. The molecular weight excluding hydrogens is 462 g/mol. The molecule has 8 heteroatoms. The Labute approximate surface area is 206 Å². The van der Waals surface area contributed by atoms with E-state index in [9.17, 15) is 18.0 Å². The number of rotatable bonds is 7. The third kappa shape index (κ3) is 5.28. The zero-order chi connectivity index (χ0) is 25.0. The van der Waals surface area contributed by atoms with Gasteiger partial charge in [0.15, 0.2) is 0 Å². The zero-order valence-corrected chi connectivity index (χ0v) is 20.7. The van der Waals surface area contributed by atoms with Gasteiger partial charge in [-0.1, -0.05) is 38.1 Å². The third-order valence-corrected chi connectivity index (χ3v) is 8.31. The number of fused-ring (bicyclic) bond motifs is 1. The van der Waals surface area contributed by atoms with E-state index in [2.05, 4.69) is 5.32 Å². The van der Waals surface area contributed by atoms with E-state index in [0.29, 0.717) is 43.0 Å². The van der Waals surface area contributed by atoms with Crippen LogP contribution in [0.25, 0.3) is 0 Å². The molecule has 3 aromatic carbocycles. The molecule has 0 fully saturated rings. The molecule has 0 aromatic heterocycles. The summed E-state index contributed by atoms with van der Waals surface area (Å²) in [6.45, 7) is 5.47. The minimum Gasteiger partial charge on any atom is -0.334 e. The molecule has 0 atom stereocenters. The summed E-state index contributed by atoms with van der Waals surface area (Å²) in [5.74, 6) is -0.338. The Balaban J connectivity index is 1.46. The lowest BCUT2D eigenvalue weighted by molar-refractivity contribution is 0.0734. The quantitative estimate of drug-likeness (QED) is 0.538. The van der Waals surface area contributed by atoms with Crippen molar-refractivity contribution in [2.24, 2.45) is 0 Å². The molecule has 3 aromatic rings. The van der Waals surface area contributed by atoms with Crippen LogP contribution in [0, 0.1) is 0 Å². The topological polar surface area (TPSA) is 86.8 Å². The first-order valence-corrected chi connectivity index (χ1v) is 13.1. The summed E-state index contributed by atoms with van der Waals surface area (Å²) < 4.78 is 26.7. The van der Waals surface area contributed by atoms with E-state index in [1.807, 2.05) is 53.4 Å². The van der Waals surface area contributed by atoms with Crippen molar-refractivity contribution in [3.63, 3.8) is 0 Å². The van der Waals surface area contributed by atoms with Crippen LogP contribution in [0.3, 0.4) is 0 Å². The van der Waals surface area contributed by atoms with E-state index >= 15 is 0 Å². The Kier molecular flexibility index (Phi) is 7.33.